The van der Waals surface area contributed by atoms with Crippen molar-refractivity contribution in [3.63, 3.8) is 0 Å². The Bertz CT molecular complexity index is 980. The van der Waals surface area contributed by atoms with Gasteiger partial charge >= 0.3 is 11.9 Å². The maximum atomic E-state index is 13.7. The van der Waals surface area contributed by atoms with E-state index in [4.69, 9.17) is 9.47 Å². The molecule has 0 N–H and O–H groups in total. The zero-order chi connectivity index (χ0) is 25.8. The Morgan fingerprint density at radius 2 is 1.11 bits per heavy atom. The van der Waals surface area contributed by atoms with E-state index in [-0.39, 0.29) is 17.7 Å². The summed E-state index contributed by atoms with van der Waals surface area (Å²) < 4.78 is 77.1. The van der Waals surface area contributed by atoms with Crippen LogP contribution >= 0.6 is 0 Å². The van der Waals surface area contributed by atoms with Crippen molar-refractivity contribution in [2.24, 2.45) is 0 Å². The maximum Gasteiger partial charge on any atom is 0.338 e. The first-order valence-corrected chi connectivity index (χ1v) is 11.7. The predicted molar refractivity (Wildman–Crippen MR) is 119 cm³/mol. The molecule has 35 heavy (non-hydrogen) atoms. The molecule has 0 saturated carbocycles. The average Bonchev–Trinajstić information content (AvgIpc) is 2.87. The van der Waals surface area contributed by atoms with E-state index in [1.54, 1.807) is 0 Å². The summed E-state index contributed by atoms with van der Waals surface area (Å²) in [5.41, 5.74) is -1.36. The summed E-state index contributed by atoms with van der Waals surface area (Å²) in [6, 6.07) is 5.24. The first-order chi connectivity index (χ1) is 16.8. The van der Waals surface area contributed by atoms with E-state index >= 15 is 0 Å². The molecular weight excluding hydrogens is 471 g/mol. The van der Waals surface area contributed by atoms with Gasteiger partial charge in [0.25, 0.3) is 0 Å². The molecule has 0 unspecified atom stereocenters. The van der Waals surface area contributed by atoms with Crippen LogP contribution in [0, 0.1) is 29.1 Å². The zero-order valence-electron chi connectivity index (χ0n) is 19.6. The van der Waals surface area contributed by atoms with Crippen LogP contribution in [0.5, 0.6) is 0 Å². The number of hydrogen-bond acceptors (Lipinski definition) is 4. The summed E-state index contributed by atoms with van der Waals surface area (Å²) in [4.78, 5) is 24.5. The van der Waals surface area contributed by atoms with Gasteiger partial charge in [-0.05, 0) is 24.6 Å². The van der Waals surface area contributed by atoms with Gasteiger partial charge in [-0.25, -0.2) is 31.5 Å². The molecular formula is C26H29F5O4. The van der Waals surface area contributed by atoms with Gasteiger partial charge in [0.2, 0.25) is 5.82 Å². The SMILES string of the molecule is CCCCCCCCCCCOC(=O)c1cccc(C(=O)OCc2c(F)c(F)c(F)c(F)c2F)c1. The molecule has 192 valence electrons. The van der Waals surface area contributed by atoms with Crippen molar-refractivity contribution in [2.75, 3.05) is 6.61 Å². The van der Waals surface area contributed by atoms with E-state index in [1.807, 2.05) is 0 Å². The van der Waals surface area contributed by atoms with Gasteiger partial charge < -0.3 is 9.47 Å². The number of benzene rings is 2. The quantitative estimate of drug-likeness (QED) is 0.0890. The van der Waals surface area contributed by atoms with Gasteiger partial charge in [0.15, 0.2) is 23.3 Å². The number of rotatable bonds is 14. The summed E-state index contributed by atoms with van der Waals surface area (Å²) >= 11 is 0. The lowest BCUT2D eigenvalue weighted by Crippen LogP contribution is -2.13. The minimum atomic E-state index is -2.30. The summed E-state index contributed by atoms with van der Waals surface area (Å²) in [6.45, 7) is 1.22. The van der Waals surface area contributed by atoms with Gasteiger partial charge in [-0.15, -0.1) is 0 Å². The van der Waals surface area contributed by atoms with Crippen LogP contribution in [0.2, 0.25) is 0 Å². The molecule has 0 bridgehead atoms. The van der Waals surface area contributed by atoms with Crippen molar-refractivity contribution < 1.29 is 41.0 Å². The van der Waals surface area contributed by atoms with Crippen LogP contribution in [0.4, 0.5) is 22.0 Å². The van der Waals surface area contributed by atoms with Crippen LogP contribution in [0.1, 0.15) is 91.0 Å². The molecule has 0 radical (unpaired) electrons. The second-order valence-corrected chi connectivity index (χ2v) is 8.17. The van der Waals surface area contributed by atoms with Crippen LogP contribution in [0.3, 0.4) is 0 Å². The molecule has 9 heteroatoms. The first-order valence-electron chi connectivity index (χ1n) is 11.7. The summed E-state index contributed by atoms with van der Waals surface area (Å²) in [7, 11) is 0. The minimum absolute atomic E-state index is 0.0617. The van der Waals surface area contributed by atoms with Gasteiger partial charge in [0.1, 0.15) is 6.61 Å². The van der Waals surface area contributed by atoms with Crippen molar-refractivity contribution >= 4 is 11.9 Å². The van der Waals surface area contributed by atoms with Gasteiger partial charge in [0, 0.05) is 0 Å². The topological polar surface area (TPSA) is 52.6 Å². The fourth-order valence-corrected chi connectivity index (χ4v) is 3.43. The Labute approximate surface area is 201 Å². The number of halogens is 5. The van der Waals surface area contributed by atoms with E-state index in [1.165, 1.54) is 56.4 Å². The minimum Gasteiger partial charge on any atom is -0.462 e. The standard InChI is InChI=1S/C26H29F5O4/c1-2-3-4-5-6-7-8-9-10-14-34-25(32)17-12-11-13-18(15-17)26(33)35-16-19-20(27)22(29)24(31)23(30)21(19)28/h11-13,15H,2-10,14,16H2,1H3. The van der Waals surface area contributed by atoms with Crippen LogP contribution < -0.4 is 0 Å². The van der Waals surface area contributed by atoms with Crippen LogP contribution in [-0.2, 0) is 16.1 Å². The third-order valence-corrected chi connectivity index (χ3v) is 5.46. The molecule has 0 aliphatic rings. The maximum absolute atomic E-state index is 13.7. The molecule has 0 aliphatic heterocycles. The third-order valence-electron chi connectivity index (χ3n) is 5.46. The Morgan fingerprint density at radius 1 is 0.657 bits per heavy atom. The van der Waals surface area contributed by atoms with E-state index in [0.717, 1.165) is 19.3 Å². The molecule has 4 nitrogen and oxygen atoms in total. The Morgan fingerprint density at radius 3 is 1.66 bits per heavy atom. The fourth-order valence-electron chi connectivity index (χ4n) is 3.43. The second kappa shape index (κ2) is 14.4. The highest BCUT2D eigenvalue weighted by Gasteiger charge is 2.26. The van der Waals surface area contributed by atoms with E-state index in [0.29, 0.717) is 6.42 Å². The lowest BCUT2D eigenvalue weighted by Gasteiger charge is -2.10. The number of hydrogen-bond donors (Lipinski definition) is 0. The molecule has 0 amide bonds. The number of esters is 2. The second-order valence-electron chi connectivity index (χ2n) is 8.17. The molecule has 2 rings (SSSR count). The summed E-state index contributed by atoms with van der Waals surface area (Å²) in [5, 5.41) is 0. The van der Waals surface area contributed by atoms with Gasteiger partial charge in [0.05, 0.1) is 23.3 Å². The normalized spacial score (nSPS) is 10.9. The van der Waals surface area contributed by atoms with Gasteiger partial charge in [-0.2, -0.15) is 0 Å². The first kappa shape index (κ1) is 28.3. The van der Waals surface area contributed by atoms with Crippen molar-refractivity contribution in [3.05, 3.63) is 70.0 Å². The highest BCUT2D eigenvalue weighted by atomic mass is 19.2. The third kappa shape index (κ3) is 8.33. The molecule has 0 saturated heterocycles. The van der Waals surface area contributed by atoms with Crippen LogP contribution in [0.25, 0.3) is 0 Å². The van der Waals surface area contributed by atoms with Crippen molar-refractivity contribution in [1.82, 2.24) is 0 Å². The molecule has 2 aromatic carbocycles. The zero-order valence-corrected chi connectivity index (χ0v) is 19.6. The number of carbonyl (C=O) groups excluding carboxylic acids is 2. The smallest absolute Gasteiger partial charge is 0.338 e. The highest BCUT2D eigenvalue weighted by Crippen LogP contribution is 2.24. The monoisotopic (exact) mass is 500 g/mol. The van der Waals surface area contributed by atoms with Crippen molar-refractivity contribution in [1.29, 1.82) is 0 Å². The molecule has 0 heterocycles. The lowest BCUT2D eigenvalue weighted by molar-refractivity contribution is 0.0462. The Hall–Kier alpha value is -2.97. The van der Waals surface area contributed by atoms with E-state index in [9.17, 15) is 31.5 Å². The van der Waals surface area contributed by atoms with E-state index < -0.39 is 53.2 Å². The number of carbonyl (C=O) groups is 2. The molecule has 0 spiro atoms. The van der Waals surface area contributed by atoms with Gasteiger partial charge in [-0.1, -0.05) is 64.4 Å². The Balaban J connectivity index is 1.82. The fraction of sp³-hybridized carbons (Fsp3) is 0.462. The van der Waals surface area contributed by atoms with Gasteiger partial charge in [-0.3, -0.25) is 0 Å². The number of ether oxygens (including phenoxy) is 2. The largest absolute Gasteiger partial charge is 0.462 e. The molecule has 0 fully saturated rings. The van der Waals surface area contributed by atoms with Crippen molar-refractivity contribution in [3.8, 4) is 0 Å². The summed E-state index contributed by atoms with van der Waals surface area (Å²) in [5.74, 6) is -12.5. The van der Waals surface area contributed by atoms with Crippen LogP contribution in [0.15, 0.2) is 24.3 Å². The lowest BCUT2D eigenvalue weighted by atomic mass is 10.1. The molecule has 0 aliphatic carbocycles. The number of unbranched alkanes of at least 4 members (excludes halogenated alkanes) is 8. The van der Waals surface area contributed by atoms with Crippen LogP contribution in [-0.4, -0.2) is 18.5 Å². The molecule has 0 atom stereocenters. The average molecular weight is 501 g/mol. The van der Waals surface area contributed by atoms with E-state index in [2.05, 4.69) is 6.92 Å². The summed E-state index contributed by atoms with van der Waals surface area (Å²) in [6.07, 6.45) is 10.0. The Kier molecular flexibility index (Phi) is 11.7. The van der Waals surface area contributed by atoms with Crippen molar-refractivity contribution in [2.45, 2.75) is 71.3 Å². The molecule has 2 aromatic rings. The predicted octanol–water partition coefficient (Wildman–Crippen LogP) is 7.43. The highest BCUT2D eigenvalue weighted by molar-refractivity contribution is 5.95. The molecule has 0 aromatic heterocycles.